The second-order valence-corrected chi connectivity index (χ2v) is 0.750. The second kappa shape index (κ2) is 15.7. The first-order valence-corrected chi connectivity index (χ1v) is 1.84. The summed E-state index contributed by atoms with van der Waals surface area (Å²) in [4.78, 5) is 17.0. The first kappa shape index (κ1) is 23.1. The molecule has 0 unspecified atom stereocenters. The van der Waals surface area contributed by atoms with E-state index in [4.69, 9.17) is 14.1 Å². The Morgan fingerprint density at radius 3 is 1.00 bits per heavy atom. The van der Waals surface area contributed by atoms with Crippen LogP contribution in [0.4, 0.5) is 0 Å². The molecule has 0 rings (SSSR count). The largest absolute Gasteiger partial charge is 2.00 e. The minimum absolute atomic E-state index is 0. The molecule has 0 aliphatic rings. The van der Waals surface area contributed by atoms with Crippen LogP contribution in [-0.4, -0.2) is 78.3 Å². The van der Waals surface area contributed by atoms with Gasteiger partial charge in [0, 0.05) is 9.17 Å². The van der Waals surface area contributed by atoms with Crippen LogP contribution in [0.5, 0.6) is 0 Å². The van der Waals surface area contributed by atoms with E-state index in [1.165, 1.54) is 0 Å². The second-order valence-electron chi connectivity index (χ2n) is 0.250. The Kier molecular flexibility index (Phi) is 51.7. The van der Waals surface area contributed by atoms with Gasteiger partial charge in [0.05, 0.1) is 0 Å². The molecule has 0 N–H and O–H groups in total. The molecule has 0 aromatic carbocycles. The first-order valence-electron chi connectivity index (χ1n) is 0.612. The van der Waals surface area contributed by atoms with Crippen LogP contribution in [-0.2, 0) is 4.46 Å². The third-order valence-corrected chi connectivity index (χ3v) is 0. The zero-order valence-electron chi connectivity index (χ0n) is 3.85. The number of hydrogen-bond donors (Lipinski definition) is 0. The molecule has 0 spiro atoms. The molecule has 0 aliphatic carbocycles. The van der Waals surface area contributed by atoms with Gasteiger partial charge in [0.1, 0.15) is 0 Å². The maximum absolute atomic E-state index is 8.52. The molecule has 7 heavy (non-hydrogen) atoms. The molecule has 0 aromatic heterocycles. The summed E-state index contributed by atoms with van der Waals surface area (Å²) in [7, 11) is -3.63. The van der Waals surface area contributed by atoms with E-state index in [2.05, 4.69) is 0 Å². The third kappa shape index (κ3) is 75.5. The Labute approximate surface area is 91.2 Å². The molecule has 0 atom stereocenters. The first-order chi connectivity index (χ1) is 1.73. The molecule has 0 heterocycles. The van der Waals surface area contributed by atoms with Crippen molar-refractivity contribution >= 4 is 78.3 Å². The van der Waals surface area contributed by atoms with E-state index in [0.717, 1.165) is 0 Å². The van der Waals surface area contributed by atoms with Gasteiger partial charge >= 0.3 is 69.2 Å². The maximum Gasteiger partial charge on any atom is 2.00 e. The smallest absolute Gasteiger partial charge is 0.672 e. The zero-order chi connectivity index (χ0) is 3.58. The summed E-state index contributed by atoms with van der Waals surface area (Å²) >= 11 is 0. The fraction of sp³-hybridized carbons (Fsp3) is 0. The van der Waals surface area contributed by atoms with E-state index in [9.17, 15) is 0 Å². The fourth-order valence-corrected chi connectivity index (χ4v) is 0. The van der Waals surface area contributed by atoms with Crippen LogP contribution in [0, 0.1) is 0 Å². The maximum atomic E-state index is 8.52. The SMILES string of the molecule is O=[Si]([O-])[O-].[Mg+2].[Mg+2].[Mg+2]. The molecule has 0 bridgehead atoms. The monoisotopic (exact) mass is 148 g/mol. The predicted octanol–water partition coefficient (Wildman–Crippen LogP) is -4.02. The van der Waals surface area contributed by atoms with Crippen LogP contribution in [0.25, 0.3) is 0 Å². The Bertz CT molecular complexity index is 33.2. The Morgan fingerprint density at radius 1 is 1.00 bits per heavy atom. The van der Waals surface area contributed by atoms with Crippen LogP contribution in [0.2, 0.25) is 0 Å². The van der Waals surface area contributed by atoms with Gasteiger partial charge < -0.3 is 14.1 Å². The summed E-state index contributed by atoms with van der Waals surface area (Å²) in [6, 6.07) is 0. The predicted molar refractivity (Wildman–Crippen MR) is 23.7 cm³/mol. The van der Waals surface area contributed by atoms with Crippen molar-refractivity contribution in [2.45, 2.75) is 0 Å². The molecule has 24 valence electrons. The summed E-state index contributed by atoms with van der Waals surface area (Å²) in [6.07, 6.45) is 0. The minimum atomic E-state index is -3.63. The molecular weight excluding hydrogens is 149 g/mol. The molecule has 0 aliphatic heterocycles. The van der Waals surface area contributed by atoms with Crippen molar-refractivity contribution in [2.24, 2.45) is 0 Å². The van der Waals surface area contributed by atoms with Gasteiger partial charge in [-0.1, -0.05) is 0 Å². The Morgan fingerprint density at radius 2 is 1.00 bits per heavy atom. The van der Waals surface area contributed by atoms with Gasteiger partial charge in [-0.05, 0) is 0 Å². The van der Waals surface area contributed by atoms with Gasteiger partial charge in [-0.25, -0.2) is 0 Å². The quantitative estimate of drug-likeness (QED) is 0.329. The molecule has 0 amide bonds. The van der Waals surface area contributed by atoms with Crippen molar-refractivity contribution in [3.63, 3.8) is 0 Å². The minimum Gasteiger partial charge on any atom is -0.672 e. The van der Waals surface area contributed by atoms with E-state index >= 15 is 0 Å². The van der Waals surface area contributed by atoms with E-state index < -0.39 is 9.17 Å². The molecule has 0 radical (unpaired) electrons. The summed E-state index contributed by atoms with van der Waals surface area (Å²) in [5, 5.41) is 0. The van der Waals surface area contributed by atoms with Crippen molar-refractivity contribution in [2.75, 3.05) is 0 Å². The topological polar surface area (TPSA) is 63.2 Å². The zero-order valence-corrected chi connectivity index (χ0v) is 9.09. The Hall–Kier alpha value is 1.92. The number of rotatable bonds is 0. The average Bonchev–Trinajstić information content (AvgIpc) is 0.811. The molecule has 7 heteroatoms. The average molecular weight is 149 g/mol. The van der Waals surface area contributed by atoms with Crippen LogP contribution in [0.15, 0.2) is 0 Å². The van der Waals surface area contributed by atoms with E-state index in [0.29, 0.717) is 0 Å². The number of hydrogen-bond acceptors (Lipinski definition) is 3. The molecule has 0 aromatic rings. The molecule has 3 nitrogen and oxygen atoms in total. The summed E-state index contributed by atoms with van der Waals surface area (Å²) in [6.45, 7) is 0. The van der Waals surface area contributed by atoms with Gasteiger partial charge in [-0.3, -0.25) is 0 Å². The van der Waals surface area contributed by atoms with Crippen LogP contribution < -0.4 is 9.59 Å². The molecule has 0 saturated carbocycles. The summed E-state index contributed by atoms with van der Waals surface area (Å²) < 4.78 is 8.52. The fourth-order valence-electron chi connectivity index (χ4n) is 0. The standard InChI is InChI=1S/3Mg.O3Si/c;;;1-4(2)3/q3*+2;-2. The van der Waals surface area contributed by atoms with Gasteiger partial charge in [-0.15, -0.1) is 0 Å². The van der Waals surface area contributed by atoms with Crippen molar-refractivity contribution < 1.29 is 14.1 Å². The molecule has 0 fully saturated rings. The van der Waals surface area contributed by atoms with Gasteiger partial charge in [0.25, 0.3) is 0 Å². The van der Waals surface area contributed by atoms with Crippen molar-refractivity contribution in [1.29, 1.82) is 0 Å². The van der Waals surface area contributed by atoms with E-state index in [1.54, 1.807) is 0 Å². The summed E-state index contributed by atoms with van der Waals surface area (Å²) in [5.74, 6) is 0. The van der Waals surface area contributed by atoms with Crippen molar-refractivity contribution in [3.05, 3.63) is 0 Å². The molecular formula is Mg3O3Si+4. The molecule has 0 saturated heterocycles. The van der Waals surface area contributed by atoms with Crippen molar-refractivity contribution in [3.8, 4) is 0 Å². The van der Waals surface area contributed by atoms with Crippen molar-refractivity contribution in [1.82, 2.24) is 0 Å². The van der Waals surface area contributed by atoms with Gasteiger partial charge in [0.15, 0.2) is 0 Å². The van der Waals surface area contributed by atoms with Crippen LogP contribution in [0.3, 0.4) is 0 Å². The summed E-state index contributed by atoms with van der Waals surface area (Å²) in [5.41, 5.74) is 0. The Balaban J connectivity index is -0.0000000150. The van der Waals surface area contributed by atoms with Crippen LogP contribution in [0.1, 0.15) is 0 Å². The van der Waals surface area contributed by atoms with Gasteiger partial charge in [0.2, 0.25) is 0 Å². The van der Waals surface area contributed by atoms with Gasteiger partial charge in [-0.2, -0.15) is 0 Å². The van der Waals surface area contributed by atoms with Crippen LogP contribution >= 0.6 is 0 Å². The normalized spacial score (nSPS) is 3.43. The third-order valence-electron chi connectivity index (χ3n) is 0. The van der Waals surface area contributed by atoms with E-state index in [-0.39, 0.29) is 69.2 Å². The van der Waals surface area contributed by atoms with E-state index in [1.807, 2.05) is 0 Å².